The van der Waals surface area contributed by atoms with Crippen LogP contribution in [-0.4, -0.2) is 16.3 Å². The van der Waals surface area contributed by atoms with Gasteiger partial charge >= 0.3 is 6.18 Å². The minimum absolute atomic E-state index is 0.0443. The van der Waals surface area contributed by atoms with E-state index in [4.69, 9.17) is 0 Å². The molecule has 1 aromatic heterocycles. The molecule has 0 unspecified atom stereocenters. The second-order valence-electron chi connectivity index (χ2n) is 7.63. The molecule has 0 atom stereocenters. The molecule has 0 saturated carbocycles. The Morgan fingerprint density at radius 3 is 2.38 bits per heavy atom. The minimum Gasteiger partial charge on any atom is -0.494 e. The summed E-state index contributed by atoms with van der Waals surface area (Å²) in [6, 6.07) is 15.7. The molecule has 2 heterocycles. The number of halogens is 4. The van der Waals surface area contributed by atoms with Crippen LogP contribution in [0.5, 0.6) is 5.88 Å². The van der Waals surface area contributed by atoms with Gasteiger partial charge in [0, 0.05) is 30.4 Å². The van der Waals surface area contributed by atoms with Crippen LogP contribution in [0.25, 0.3) is 10.9 Å². The van der Waals surface area contributed by atoms with Crippen molar-refractivity contribution in [1.82, 2.24) is 4.98 Å². The molecule has 0 spiro atoms. The van der Waals surface area contributed by atoms with Gasteiger partial charge in [-0.05, 0) is 41.5 Å². The van der Waals surface area contributed by atoms with Gasteiger partial charge in [-0.3, -0.25) is 4.99 Å². The lowest BCUT2D eigenvalue weighted by molar-refractivity contribution is -0.137. The number of anilines is 1. The Kier molecular flexibility index (Phi) is 4.65. The molecule has 0 amide bonds. The lowest BCUT2D eigenvalue weighted by atomic mass is 10.1. The van der Waals surface area contributed by atoms with E-state index in [1.165, 1.54) is 24.3 Å². The van der Waals surface area contributed by atoms with Crippen molar-refractivity contribution in [3.63, 3.8) is 0 Å². The first-order valence-corrected chi connectivity index (χ1v) is 9.87. The standard InChI is InChI=1S/C24H17F4N3O/c25-19-6-3-7-20-22(19)17(23(32)30-20)11-29-16-8-9-21(18(10-16)24(26,27)28)31-12-14-4-1-2-5-15(14)13-31/h1-11,30,32H,12-13H2. The van der Waals surface area contributed by atoms with Crippen molar-refractivity contribution in [1.29, 1.82) is 0 Å². The van der Waals surface area contributed by atoms with Crippen LogP contribution in [0.15, 0.2) is 65.7 Å². The summed E-state index contributed by atoms with van der Waals surface area (Å²) in [6.07, 6.45) is -3.41. The maximum Gasteiger partial charge on any atom is 0.418 e. The molecule has 0 radical (unpaired) electrons. The van der Waals surface area contributed by atoms with Crippen molar-refractivity contribution in [2.75, 3.05) is 4.90 Å². The molecule has 3 aromatic carbocycles. The van der Waals surface area contributed by atoms with E-state index in [1.54, 1.807) is 11.0 Å². The molecule has 0 saturated heterocycles. The van der Waals surface area contributed by atoms with Gasteiger partial charge in [-0.15, -0.1) is 0 Å². The second-order valence-corrected chi connectivity index (χ2v) is 7.63. The van der Waals surface area contributed by atoms with E-state index < -0.39 is 17.6 Å². The predicted molar refractivity (Wildman–Crippen MR) is 115 cm³/mol. The minimum atomic E-state index is -4.58. The number of aromatic hydroxyl groups is 1. The number of aromatic amines is 1. The fraction of sp³-hybridized carbons (Fsp3) is 0.125. The maximum absolute atomic E-state index is 14.2. The van der Waals surface area contributed by atoms with Crippen LogP contribution in [0.2, 0.25) is 0 Å². The number of aromatic nitrogens is 1. The summed E-state index contributed by atoms with van der Waals surface area (Å²) < 4.78 is 55.8. The number of H-pyrrole nitrogens is 1. The largest absolute Gasteiger partial charge is 0.494 e. The van der Waals surface area contributed by atoms with E-state index in [0.717, 1.165) is 23.4 Å². The molecular formula is C24H17F4N3O. The van der Waals surface area contributed by atoms with Gasteiger partial charge in [0.25, 0.3) is 0 Å². The van der Waals surface area contributed by atoms with Crippen molar-refractivity contribution in [3.8, 4) is 5.88 Å². The highest BCUT2D eigenvalue weighted by Gasteiger charge is 2.36. The Morgan fingerprint density at radius 2 is 1.69 bits per heavy atom. The van der Waals surface area contributed by atoms with E-state index in [9.17, 15) is 22.7 Å². The normalized spacial score (nSPS) is 13.9. The number of rotatable bonds is 3. The van der Waals surface area contributed by atoms with E-state index >= 15 is 0 Å². The first kappa shape index (κ1) is 20.1. The van der Waals surface area contributed by atoms with Crippen LogP contribution in [-0.2, 0) is 19.3 Å². The monoisotopic (exact) mass is 439 g/mol. The number of aliphatic imine (C=N–C) groups is 1. The first-order chi connectivity index (χ1) is 15.3. The number of alkyl halides is 3. The Labute approximate surface area is 180 Å². The Bertz CT molecular complexity index is 1330. The van der Waals surface area contributed by atoms with Gasteiger partial charge in [0.05, 0.1) is 22.3 Å². The zero-order valence-corrected chi connectivity index (χ0v) is 16.6. The summed E-state index contributed by atoms with van der Waals surface area (Å²) in [7, 11) is 0. The van der Waals surface area contributed by atoms with Crippen LogP contribution in [0.3, 0.4) is 0 Å². The lowest BCUT2D eigenvalue weighted by Crippen LogP contribution is -2.19. The average Bonchev–Trinajstić information content (AvgIpc) is 3.32. The van der Waals surface area contributed by atoms with E-state index in [1.807, 2.05) is 24.3 Å². The summed E-state index contributed by atoms with van der Waals surface area (Å²) in [6.45, 7) is 0.786. The number of nitrogens with zero attached hydrogens (tertiary/aromatic N) is 2. The number of nitrogens with one attached hydrogen (secondary N) is 1. The quantitative estimate of drug-likeness (QED) is 0.291. The third-order valence-electron chi connectivity index (χ3n) is 5.60. The highest BCUT2D eigenvalue weighted by molar-refractivity contribution is 6.02. The number of hydrogen-bond acceptors (Lipinski definition) is 3. The Balaban J connectivity index is 1.51. The second kappa shape index (κ2) is 7.40. The summed E-state index contributed by atoms with van der Waals surface area (Å²) >= 11 is 0. The van der Waals surface area contributed by atoms with Crippen LogP contribution in [0, 0.1) is 5.82 Å². The smallest absolute Gasteiger partial charge is 0.418 e. The zero-order chi connectivity index (χ0) is 22.5. The fourth-order valence-electron chi connectivity index (χ4n) is 4.09. The molecule has 0 aliphatic carbocycles. The van der Waals surface area contributed by atoms with E-state index in [0.29, 0.717) is 18.6 Å². The molecule has 4 aromatic rings. The molecule has 1 aliphatic rings. The third-order valence-corrected chi connectivity index (χ3v) is 5.60. The summed E-state index contributed by atoms with van der Waals surface area (Å²) in [4.78, 5) is 8.41. The van der Waals surface area contributed by atoms with E-state index in [-0.39, 0.29) is 28.2 Å². The molecule has 1 aliphatic heterocycles. The van der Waals surface area contributed by atoms with Crippen molar-refractivity contribution in [2.24, 2.45) is 4.99 Å². The van der Waals surface area contributed by atoms with Crippen molar-refractivity contribution in [3.05, 3.63) is 88.7 Å². The SMILES string of the molecule is Oc1[nH]c2cccc(F)c2c1C=Nc1ccc(N2Cc3ccccc3C2)c(C(F)(F)F)c1. The van der Waals surface area contributed by atoms with Gasteiger partial charge in [0.15, 0.2) is 5.88 Å². The van der Waals surface area contributed by atoms with Gasteiger partial charge in [0.2, 0.25) is 0 Å². The highest BCUT2D eigenvalue weighted by Crippen LogP contribution is 2.41. The van der Waals surface area contributed by atoms with Crippen molar-refractivity contribution < 1.29 is 22.7 Å². The maximum atomic E-state index is 14.2. The molecule has 0 bridgehead atoms. The molecular weight excluding hydrogens is 422 g/mol. The average molecular weight is 439 g/mol. The van der Waals surface area contributed by atoms with Crippen molar-refractivity contribution >= 4 is 28.5 Å². The van der Waals surface area contributed by atoms with E-state index in [2.05, 4.69) is 9.98 Å². The Morgan fingerprint density at radius 1 is 0.969 bits per heavy atom. The van der Waals surface area contributed by atoms with Crippen LogP contribution < -0.4 is 4.90 Å². The van der Waals surface area contributed by atoms with Gasteiger partial charge in [-0.25, -0.2) is 4.39 Å². The van der Waals surface area contributed by atoms with Gasteiger partial charge in [-0.2, -0.15) is 13.2 Å². The van der Waals surface area contributed by atoms with Crippen molar-refractivity contribution in [2.45, 2.75) is 19.3 Å². The van der Waals surface area contributed by atoms with Crippen LogP contribution in [0.1, 0.15) is 22.3 Å². The molecule has 0 fully saturated rings. The predicted octanol–water partition coefficient (Wildman–Crippen LogP) is 6.30. The lowest BCUT2D eigenvalue weighted by Gasteiger charge is -2.23. The number of fused-ring (bicyclic) bond motifs is 2. The van der Waals surface area contributed by atoms with Gasteiger partial charge in [0.1, 0.15) is 5.82 Å². The highest BCUT2D eigenvalue weighted by atomic mass is 19.4. The first-order valence-electron chi connectivity index (χ1n) is 9.87. The van der Waals surface area contributed by atoms with Crippen LogP contribution >= 0.6 is 0 Å². The topological polar surface area (TPSA) is 51.6 Å². The fourth-order valence-corrected chi connectivity index (χ4v) is 4.09. The zero-order valence-electron chi connectivity index (χ0n) is 16.6. The molecule has 162 valence electrons. The molecule has 32 heavy (non-hydrogen) atoms. The molecule has 5 rings (SSSR count). The third kappa shape index (κ3) is 3.47. The Hall–Kier alpha value is -3.81. The summed E-state index contributed by atoms with van der Waals surface area (Å²) in [5, 5.41) is 10.2. The number of hydrogen-bond donors (Lipinski definition) is 2. The van der Waals surface area contributed by atoms with Gasteiger partial charge < -0.3 is 15.0 Å². The van der Waals surface area contributed by atoms with Gasteiger partial charge in [-0.1, -0.05) is 30.3 Å². The van der Waals surface area contributed by atoms with Crippen LogP contribution in [0.4, 0.5) is 28.9 Å². The molecule has 2 N–H and O–H groups in total. The molecule has 8 heteroatoms. The summed E-state index contributed by atoms with van der Waals surface area (Å²) in [5.74, 6) is -0.878. The number of benzene rings is 3. The summed E-state index contributed by atoms with van der Waals surface area (Å²) in [5.41, 5.74) is 1.76. The molecule has 4 nitrogen and oxygen atoms in total.